The molecule has 0 aliphatic rings. The minimum Gasteiger partial charge on any atom is -0.358 e. The molecule has 2 aromatic heterocycles. The second-order valence-corrected chi connectivity index (χ2v) is 5.37. The van der Waals surface area contributed by atoms with Crippen LogP contribution in [0, 0.1) is 10.1 Å². The lowest BCUT2D eigenvalue weighted by molar-refractivity contribution is -0.389. The Bertz CT molecular complexity index is 959. The summed E-state index contributed by atoms with van der Waals surface area (Å²) >= 11 is 0. The third kappa shape index (κ3) is 3.80. The number of carbonyl (C=O) groups is 1. The topological polar surface area (TPSA) is 120 Å². The molecule has 1 aromatic carbocycles. The highest BCUT2D eigenvalue weighted by Crippen LogP contribution is 2.14. The van der Waals surface area contributed by atoms with Gasteiger partial charge in [-0.3, -0.25) is 9.48 Å². The van der Waals surface area contributed by atoms with Crippen LogP contribution < -0.4 is 5.43 Å². The van der Waals surface area contributed by atoms with E-state index in [1.54, 1.807) is 24.0 Å². The number of hydrazone groups is 1. The van der Waals surface area contributed by atoms with Crippen LogP contribution >= 0.6 is 0 Å². The fourth-order valence-corrected chi connectivity index (χ4v) is 2.28. The van der Waals surface area contributed by atoms with Crippen LogP contribution in [0.4, 0.5) is 5.82 Å². The molecule has 0 fully saturated rings. The Balaban J connectivity index is 1.80. The lowest BCUT2D eigenvalue weighted by Gasteiger charge is -2.02. The Morgan fingerprint density at radius 3 is 2.77 bits per heavy atom. The van der Waals surface area contributed by atoms with Crippen molar-refractivity contribution < 1.29 is 9.72 Å². The summed E-state index contributed by atoms with van der Waals surface area (Å²) in [7, 11) is 1.74. The van der Waals surface area contributed by atoms with Gasteiger partial charge in [-0.1, -0.05) is 30.3 Å². The zero-order valence-corrected chi connectivity index (χ0v) is 13.8. The van der Waals surface area contributed by atoms with Gasteiger partial charge in [-0.05, 0) is 16.6 Å². The van der Waals surface area contributed by atoms with Gasteiger partial charge >= 0.3 is 5.82 Å². The first-order chi connectivity index (χ1) is 12.5. The van der Waals surface area contributed by atoms with Crippen molar-refractivity contribution >= 4 is 17.9 Å². The highest BCUT2D eigenvalue weighted by Gasteiger charge is 2.23. The summed E-state index contributed by atoms with van der Waals surface area (Å²) in [5.41, 5.74) is 3.94. The monoisotopic (exact) mass is 353 g/mol. The van der Waals surface area contributed by atoms with E-state index < -0.39 is 16.6 Å². The normalized spacial score (nSPS) is 11.0. The Hall–Kier alpha value is -3.82. The van der Waals surface area contributed by atoms with Crippen molar-refractivity contribution in [2.45, 2.75) is 6.54 Å². The third-order valence-electron chi connectivity index (χ3n) is 3.58. The molecule has 0 saturated heterocycles. The number of carbonyl (C=O) groups excluding carboxylic acids is 1. The Kier molecular flexibility index (Phi) is 4.83. The van der Waals surface area contributed by atoms with Gasteiger partial charge < -0.3 is 10.1 Å². The largest absolute Gasteiger partial charge is 0.390 e. The van der Waals surface area contributed by atoms with E-state index >= 15 is 0 Å². The maximum Gasteiger partial charge on any atom is 0.390 e. The predicted octanol–water partition coefficient (Wildman–Crippen LogP) is 1.34. The second-order valence-electron chi connectivity index (χ2n) is 5.37. The molecule has 0 saturated carbocycles. The molecular weight excluding hydrogens is 338 g/mol. The molecule has 10 nitrogen and oxygen atoms in total. The van der Waals surface area contributed by atoms with Crippen molar-refractivity contribution in [1.29, 1.82) is 0 Å². The molecule has 1 amide bonds. The van der Waals surface area contributed by atoms with Gasteiger partial charge in [-0.25, -0.2) is 5.43 Å². The summed E-state index contributed by atoms with van der Waals surface area (Å²) in [4.78, 5) is 22.7. The molecule has 1 N–H and O–H groups in total. The average molecular weight is 353 g/mol. The first-order valence-corrected chi connectivity index (χ1v) is 7.62. The molecule has 10 heteroatoms. The first-order valence-electron chi connectivity index (χ1n) is 7.62. The molecule has 26 heavy (non-hydrogen) atoms. The number of rotatable bonds is 6. The van der Waals surface area contributed by atoms with E-state index in [-0.39, 0.29) is 12.2 Å². The molecule has 0 bridgehead atoms. The Morgan fingerprint density at radius 1 is 1.35 bits per heavy atom. The fourth-order valence-electron chi connectivity index (χ4n) is 2.28. The van der Waals surface area contributed by atoms with Crippen LogP contribution in [0.5, 0.6) is 0 Å². The highest BCUT2D eigenvalue weighted by atomic mass is 16.6. The van der Waals surface area contributed by atoms with Crippen molar-refractivity contribution in [3.05, 3.63) is 75.7 Å². The smallest absolute Gasteiger partial charge is 0.358 e. The summed E-state index contributed by atoms with van der Waals surface area (Å²) in [5, 5.41) is 22.7. The lowest BCUT2D eigenvalue weighted by atomic mass is 10.2. The van der Waals surface area contributed by atoms with Gasteiger partial charge in [0.15, 0.2) is 5.69 Å². The standard InChI is InChI=1S/C16H15N7O3/c1-21-13(7-8-18-21)10-17-19-16(24)14-9-15(23(25)26)20-22(14)11-12-5-3-2-4-6-12/h2-10H,11H2,1H3,(H,19,24). The van der Waals surface area contributed by atoms with Crippen LogP contribution in [0.15, 0.2) is 53.8 Å². The Morgan fingerprint density at radius 2 is 2.12 bits per heavy atom. The van der Waals surface area contributed by atoms with E-state index in [0.29, 0.717) is 5.69 Å². The van der Waals surface area contributed by atoms with Gasteiger partial charge in [0.1, 0.15) is 0 Å². The summed E-state index contributed by atoms with van der Waals surface area (Å²) in [6, 6.07) is 12.1. The van der Waals surface area contributed by atoms with E-state index in [1.165, 1.54) is 10.9 Å². The minimum absolute atomic E-state index is 0.0442. The highest BCUT2D eigenvalue weighted by molar-refractivity contribution is 5.93. The summed E-state index contributed by atoms with van der Waals surface area (Å²) in [6.07, 6.45) is 3.03. The van der Waals surface area contributed by atoms with Gasteiger partial charge in [-0.15, -0.1) is 0 Å². The maximum absolute atomic E-state index is 12.4. The molecular formula is C16H15N7O3. The maximum atomic E-state index is 12.4. The fraction of sp³-hybridized carbons (Fsp3) is 0.125. The van der Waals surface area contributed by atoms with Crippen LogP contribution in [0.25, 0.3) is 0 Å². The number of nitro groups is 1. The van der Waals surface area contributed by atoms with Gasteiger partial charge in [0.2, 0.25) is 0 Å². The molecule has 0 atom stereocenters. The van der Waals surface area contributed by atoms with E-state index in [1.807, 2.05) is 30.3 Å². The van der Waals surface area contributed by atoms with Gasteiger partial charge in [0, 0.05) is 13.2 Å². The van der Waals surface area contributed by atoms with Crippen molar-refractivity contribution in [1.82, 2.24) is 25.0 Å². The van der Waals surface area contributed by atoms with Crippen LogP contribution in [-0.4, -0.2) is 36.6 Å². The lowest BCUT2D eigenvalue weighted by Crippen LogP contribution is -2.22. The molecule has 132 valence electrons. The molecule has 0 radical (unpaired) electrons. The average Bonchev–Trinajstić information content (AvgIpc) is 3.22. The van der Waals surface area contributed by atoms with Crippen LogP contribution in [0.2, 0.25) is 0 Å². The molecule has 0 unspecified atom stereocenters. The minimum atomic E-state index is -0.642. The zero-order chi connectivity index (χ0) is 18.5. The molecule has 2 heterocycles. The molecule has 0 spiro atoms. The SMILES string of the molecule is Cn1nccc1C=NNC(=O)c1cc([N+](=O)[O-])nn1Cc1ccccc1. The first kappa shape index (κ1) is 17.0. The van der Waals surface area contributed by atoms with Crippen molar-refractivity contribution in [2.75, 3.05) is 0 Å². The van der Waals surface area contributed by atoms with Gasteiger partial charge in [-0.2, -0.15) is 14.9 Å². The number of aryl methyl sites for hydroxylation is 1. The molecule has 3 aromatic rings. The van der Waals surface area contributed by atoms with Crippen molar-refractivity contribution in [2.24, 2.45) is 12.1 Å². The van der Waals surface area contributed by atoms with Gasteiger partial charge in [0.25, 0.3) is 5.91 Å². The van der Waals surface area contributed by atoms with Crippen LogP contribution in [0.3, 0.4) is 0 Å². The van der Waals surface area contributed by atoms with E-state index in [2.05, 4.69) is 20.7 Å². The Labute approximate surface area is 147 Å². The number of nitrogens with zero attached hydrogens (tertiary/aromatic N) is 6. The van der Waals surface area contributed by atoms with Crippen molar-refractivity contribution in [3.63, 3.8) is 0 Å². The van der Waals surface area contributed by atoms with Crippen molar-refractivity contribution in [3.8, 4) is 0 Å². The third-order valence-corrected chi connectivity index (χ3v) is 3.58. The number of amides is 1. The molecule has 0 aliphatic carbocycles. The quantitative estimate of drug-likeness (QED) is 0.407. The van der Waals surface area contributed by atoms with Crippen LogP contribution in [-0.2, 0) is 13.6 Å². The second kappa shape index (κ2) is 7.38. The molecule has 0 aliphatic heterocycles. The number of aromatic nitrogens is 4. The number of hydrogen-bond acceptors (Lipinski definition) is 6. The number of benzene rings is 1. The van der Waals surface area contributed by atoms with E-state index in [4.69, 9.17) is 0 Å². The number of hydrogen-bond donors (Lipinski definition) is 1. The summed E-state index contributed by atoms with van der Waals surface area (Å²) in [5.74, 6) is -0.998. The predicted molar refractivity (Wildman–Crippen MR) is 92.7 cm³/mol. The zero-order valence-electron chi connectivity index (χ0n) is 13.8. The van der Waals surface area contributed by atoms with Crippen LogP contribution in [0.1, 0.15) is 21.7 Å². The van der Waals surface area contributed by atoms with Gasteiger partial charge in [0.05, 0.1) is 29.6 Å². The summed E-state index contributed by atoms with van der Waals surface area (Å²) in [6.45, 7) is 0.225. The van der Waals surface area contributed by atoms with E-state index in [0.717, 1.165) is 11.6 Å². The molecule has 3 rings (SSSR count). The summed E-state index contributed by atoms with van der Waals surface area (Å²) < 4.78 is 2.86. The number of nitrogens with one attached hydrogen (secondary N) is 1. The van der Waals surface area contributed by atoms with E-state index in [9.17, 15) is 14.9 Å².